The summed E-state index contributed by atoms with van der Waals surface area (Å²) >= 11 is 0. The molecule has 1 N–H and O–H groups in total. The molecular weight excluding hydrogens is 176 g/mol. The third-order valence-electron chi connectivity index (χ3n) is 2.17. The van der Waals surface area contributed by atoms with Gasteiger partial charge in [-0.2, -0.15) is 5.10 Å². The van der Waals surface area contributed by atoms with E-state index in [1.165, 1.54) is 0 Å². The number of imidazole rings is 1. The molecule has 0 bridgehead atoms. The first-order valence-electron chi connectivity index (χ1n) is 4.37. The number of nitrogens with zero attached hydrogens (tertiary/aromatic N) is 3. The molecule has 68 valence electrons. The number of hydrogen-bond acceptors (Lipinski definition) is 2. The summed E-state index contributed by atoms with van der Waals surface area (Å²) in [6, 6.07) is 7.90. The van der Waals surface area contributed by atoms with Crippen LogP contribution in [-0.4, -0.2) is 19.7 Å². The molecule has 3 aromatic rings. The van der Waals surface area contributed by atoms with Gasteiger partial charge in [0.1, 0.15) is 0 Å². The lowest BCUT2D eigenvalue weighted by Gasteiger charge is -1.99. The van der Waals surface area contributed by atoms with Gasteiger partial charge >= 0.3 is 0 Å². The van der Waals surface area contributed by atoms with Crippen LogP contribution >= 0.6 is 0 Å². The number of fused-ring (bicyclic) bond motifs is 1. The number of benzene rings is 1. The molecule has 4 heteroatoms. The van der Waals surface area contributed by atoms with Gasteiger partial charge in [0.25, 0.3) is 0 Å². The fourth-order valence-electron chi connectivity index (χ4n) is 1.48. The molecular formula is C10H8N4. The van der Waals surface area contributed by atoms with Crippen molar-refractivity contribution < 1.29 is 0 Å². The number of aromatic nitrogens is 4. The predicted molar refractivity (Wildman–Crippen MR) is 53.2 cm³/mol. The molecule has 4 nitrogen and oxygen atoms in total. The summed E-state index contributed by atoms with van der Waals surface area (Å²) < 4.78 is 1.81. The quantitative estimate of drug-likeness (QED) is 0.626. The molecule has 14 heavy (non-hydrogen) atoms. The van der Waals surface area contributed by atoms with Crippen molar-refractivity contribution in [2.24, 2.45) is 0 Å². The Bertz CT molecular complexity index is 550. The van der Waals surface area contributed by atoms with Crippen LogP contribution in [0.3, 0.4) is 0 Å². The maximum absolute atomic E-state index is 4.19. The lowest BCUT2D eigenvalue weighted by atomic mass is 10.3. The van der Waals surface area contributed by atoms with Gasteiger partial charge in [-0.25, -0.2) is 9.67 Å². The Morgan fingerprint density at radius 3 is 3.14 bits per heavy atom. The number of hydrogen-bond donors (Lipinski definition) is 1. The number of nitrogens with one attached hydrogen (secondary N) is 1. The Labute approximate surface area is 80.2 Å². The zero-order valence-electron chi connectivity index (χ0n) is 7.38. The van der Waals surface area contributed by atoms with Crippen molar-refractivity contribution in [3.63, 3.8) is 0 Å². The van der Waals surface area contributed by atoms with E-state index in [1.807, 2.05) is 35.1 Å². The minimum atomic E-state index is 0.956. The Morgan fingerprint density at radius 2 is 2.29 bits per heavy atom. The summed E-state index contributed by atoms with van der Waals surface area (Å²) in [4.78, 5) is 7.24. The average molecular weight is 184 g/mol. The van der Waals surface area contributed by atoms with Gasteiger partial charge in [0.2, 0.25) is 0 Å². The summed E-state index contributed by atoms with van der Waals surface area (Å²) in [5, 5.41) is 4.16. The van der Waals surface area contributed by atoms with Gasteiger partial charge in [0, 0.05) is 12.4 Å². The van der Waals surface area contributed by atoms with E-state index in [2.05, 4.69) is 15.1 Å². The average Bonchev–Trinajstić information content (AvgIpc) is 2.88. The highest BCUT2D eigenvalue weighted by atomic mass is 15.3. The van der Waals surface area contributed by atoms with E-state index in [0.29, 0.717) is 0 Å². The molecule has 0 saturated carbocycles. The predicted octanol–water partition coefficient (Wildman–Crippen LogP) is 1.75. The van der Waals surface area contributed by atoms with Crippen LogP contribution in [0.1, 0.15) is 0 Å². The van der Waals surface area contributed by atoms with Crippen LogP contribution in [0.15, 0.2) is 43.0 Å². The van der Waals surface area contributed by atoms with E-state index in [0.717, 1.165) is 16.7 Å². The number of H-pyrrole nitrogens is 1. The zero-order valence-corrected chi connectivity index (χ0v) is 7.38. The molecule has 0 fully saturated rings. The topological polar surface area (TPSA) is 46.5 Å². The summed E-state index contributed by atoms with van der Waals surface area (Å²) in [5.74, 6) is 0. The second kappa shape index (κ2) is 2.70. The largest absolute Gasteiger partial charge is 0.345 e. The molecule has 0 spiro atoms. The molecule has 0 atom stereocenters. The zero-order chi connectivity index (χ0) is 9.38. The molecule has 0 radical (unpaired) electrons. The van der Waals surface area contributed by atoms with Crippen molar-refractivity contribution in [2.45, 2.75) is 0 Å². The Kier molecular flexibility index (Phi) is 1.41. The highest BCUT2D eigenvalue weighted by Gasteiger charge is 1.99. The molecule has 3 rings (SSSR count). The minimum absolute atomic E-state index is 0.956. The first-order valence-corrected chi connectivity index (χ1v) is 4.37. The molecule has 0 unspecified atom stereocenters. The molecule has 2 aromatic heterocycles. The van der Waals surface area contributed by atoms with Gasteiger partial charge < -0.3 is 4.98 Å². The third kappa shape index (κ3) is 1.01. The number of aromatic amines is 1. The Hall–Kier alpha value is -2.10. The highest BCUT2D eigenvalue weighted by Crippen LogP contribution is 2.13. The van der Waals surface area contributed by atoms with Crippen LogP contribution in [0, 0.1) is 0 Å². The lowest BCUT2D eigenvalue weighted by Crippen LogP contribution is -1.93. The van der Waals surface area contributed by atoms with E-state index in [1.54, 1.807) is 12.5 Å². The van der Waals surface area contributed by atoms with Crippen molar-refractivity contribution in [3.8, 4) is 5.69 Å². The first-order chi connectivity index (χ1) is 6.93. The molecule has 2 heterocycles. The fraction of sp³-hybridized carbons (Fsp3) is 0. The van der Waals surface area contributed by atoms with E-state index in [4.69, 9.17) is 0 Å². The number of rotatable bonds is 1. The van der Waals surface area contributed by atoms with Crippen LogP contribution in [0.25, 0.3) is 16.7 Å². The molecule has 0 aliphatic rings. The summed E-state index contributed by atoms with van der Waals surface area (Å²) in [7, 11) is 0. The van der Waals surface area contributed by atoms with Gasteiger partial charge in [0.05, 0.1) is 23.0 Å². The van der Waals surface area contributed by atoms with Crippen molar-refractivity contribution in [2.75, 3.05) is 0 Å². The van der Waals surface area contributed by atoms with Crippen LogP contribution in [-0.2, 0) is 0 Å². The molecule has 1 aromatic carbocycles. The molecule has 0 amide bonds. The van der Waals surface area contributed by atoms with Crippen LogP contribution in [0.5, 0.6) is 0 Å². The second-order valence-electron chi connectivity index (χ2n) is 3.05. The van der Waals surface area contributed by atoms with Gasteiger partial charge in [-0.05, 0) is 24.3 Å². The molecule has 0 aliphatic heterocycles. The fourth-order valence-corrected chi connectivity index (χ4v) is 1.48. The van der Waals surface area contributed by atoms with Gasteiger partial charge in [0.15, 0.2) is 0 Å². The summed E-state index contributed by atoms with van der Waals surface area (Å²) in [6.45, 7) is 0. The van der Waals surface area contributed by atoms with E-state index >= 15 is 0 Å². The summed E-state index contributed by atoms with van der Waals surface area (Å²) in [5.41, 5.74) is 3.02. The van der Waals surface area contributed by atoms with Crippen LogP contribution < -0.4 is 0 Å². The standard InChI is InChI=1S/C10H8N4/c1-4-13-14(5-1)8-2-3-9-10(6-8)12-7-11-9/h1-7H,(H,11,12). The normalized spacial score (nSPS) is 10.9. The lowest BCUT2D eigenvalue weighted by molar-refractivity contribution is 0.882. The molecule has 0 aliphatic carbocycles. The maximum atomic E-state index is 4.19. The first kappa shape index (κ1) is 7.32. The van der Waals surface area contributed by atoms with Gasteiger partial charge in [-0.15, -0.1) is 0 Å². The van der Waals surface area contributed by atoms with E-state index < -0.39 is 0 Å². The van der Waals surface area contributed by atoms with E-state index in [-0.39, 0.29) is 0 Å². The van der Waals surface area contributed by atoms with Crippen molar-refractivity contribution in [1.82, 2.24) is 19.7 Å². The Balaban J connectivity index is 2.23. The maximum Gasteiger partial charge on any atom is 0.0931 e. The second-order valence-corrected chi connectivity index (χ2v) is 3.05. The van der Waals surface area contributed by atoms with Crippen LogP contribution in [0.4, 0.5) is 0 Å². The van der Waals surface area contributed by atoms with Crippen molar-refractivity contribution >= 4 is 11.0 Å². The minimum Gasteiger partial charge on any atom is -0.345 e. The van der Waals surface area contributed by atoms with Gasteiger partial charge in [-0.3, -0.25) is 0 Å². The van der Waals surface area contributed by atoms with Crippen molar-refractivity contribution in [3.05, 3.63) is 43.0 Å². The SMILES string of the molecule is c1cnn(-c2ccc3[nH]cnc3c2)c1. The molecule has 0 saturated heterocycles. The van der Waals surface area contributed by atoms with Crippen LogP contribution in [0.2, 0.25) is 0 Å². The third-order valence-corrected chi connectivity index (χ3v) is 2.17. The monoisotopic (exact) mass is 184 g/mol. The Morgan fingerprint density at radius 1 is 1.29 bits per heavy atom. The van der Waals surface area contributed by atoms with Crippen molar-refractivity contribution in [1.29, 1.82) is 0 Å². The van der Waals surface area contributed by atoms with Gasteiger partial charge in [-0.1, -0.05) is 0 Å². The summed E-state index contributed by atoms with van der Waals surface area (Å²) in [6.07, 6.45) is 5.36. The highest BCUT2D eigenvalue weighted by molar-refractivity contribution is 5.76. The smallest absolute Gasteiger partial charge is 0.0931 e. The van der Waals surface area contributed by atoms with E-state index in [9.17, 15) is 0 Å².